The summed E-state index contributed by atoms with van der Waals surface area (Å²) in [5.74, 6) is -3.56. The number of aromatic amines is 1. The van der Waals surface area contributed by atoms with Crippen LogP contribution in [0, 0.1) is 5.82 Å². The van der Waals surface area contributed by atoms with Crippen molar-refractivity contribution < 1.29 is 37.0 Å². The van der Waals surface area contributed by atoms with E-state index in [1.165, 1.54) is 30.6 Å². The lowest BCUT2D eigenvalue weighted by molar-refractivity contribution is -0.192. The largest absolute Gasteiger partial charge is 0.490 e. The molecule has 2 aromatic heterocycles. The van der Waals surface area contributed by atoms with Gasteiger partial charge in [-0.05, 0) is 23.8 Å². The lowest BCUT2D eigenvalue weighted by Crippen LogP contribution is -2.24. The van der Waals surface area contributed by atoms with Crippen LogP contribution in [0.1, 0.15) is 21.5 Å². The third kappa shape index (κ3) is 8.15. The number of hydrogen-bond donors (Lipinski definition) is 4. The lowest BCUT2D eigenvalue weighted by Gasteiger charge is -2.10. The van der Waals surface area contributed by atoms with Crippen molar-refractivity contribution in [2.45, 2.75) is 12.6 Å². The number of H-pyrrole nitrogens is 1. The number of alkyl halides is 3. The average molecular weight is 544 g/mol. The van der Waals surface area contributed by atoms with Gasteiger partial charge in [0.05, 0.1) is 0 Å². The maximum atomic E-state index is 14.5. The van der Waals surface area contributed by atoms with Gasteiger partial charge in [0, 0.05) is 48.4 Å². The number of nitrogen functional groups attached to an aromatic ring is 1. The molecular formula is C26H20F4N4O5. The van der Waals surface area contributed by atoms with Gasteiger partial charge in [-0.2, -0.15) is 13.2 Å². The molecule has 0 atom stereocenters. The number of carboxylic acid groups (broad SMARTS) is 1. The van der Waals surface area contributed by atoms with Gasteiger partial charge in [-0.1, -0.05) is 30.3 Å². The normalized spacial score (nSPS) is 10.7. The number of carbonyl (C=O) groups excluding carboxylic acids is 1. The van der Waals surface area contributed by atoms with Gasteiger partial charge < -0.3 is 25.9 Å². The minimum absolute atomic E-state index is 0.0451. The number of aliphatic carboxylic acids is 1. The van der Waals surface area contributed by atoms with Crippen molar-refractivity contribution in [3.8, 4) is 11.5 Å². The SMILES string of the molecule is Nc1cc(Oc2ccc(NC(=O)c3c[nH]cc(Cc4ccccc4)c3=O)cc2F)ccn1.O=C(O)C(F)(F)F. The number of nitrogens with zero attached hydrogens (tertiary/aromatic N) is 1. The minimum Gasteiger partial charge on any atom is -0.475 e. The second-order valence-electron chi connectivity index (χ2n) is 7.81. The Bertz CT molecular complexity index is 1530. The van der Waals surface area contributed by atoms with E-state index < -0.39 is 23.9 Å². The maximum Gasteiger partial charge on any atom is 0.490 e. The van der Waals surface area contributed by atoms with Gasteiger partial charge in [-0.25, -0.2) is 14.2 Å². The molecule has 0 radical (unpaired) electrons. The highest BCUT2D eigenvalue weighted by molar-refractivity contribution is 6.04. The summed E-state index contributed by atoms with van der Waals surface area (Å²) in [6.07, 6.45) is -0.351. The van der Waals surface area contributed by atoms with Crippen LogP contribution >= 0.6 is 0 Å². The molecule has 0 saturated carbocycles. The van der Waals surface area contributed by atoms with Crippen LogP contribution in [-0.2, 0) is 11.2 Å². The number of anilines is 2. The predicted molar refractivity (Wildman–Crippen MR) is 133 cm³/mol. The highest BCUT2D eigenvalue weighted by Gasteiger charge is 2.38. The van der Waals surface area contributed by atoms with Crippen molar-refractivity contribution >= 4 is 23.4 Å². The van der Waals surface area contributed by atoms with Gasteiger partial charge in [0.2, 0.25) is 0 Å². The highest BCUT2D eigenvalue weighted by atomic mass is 19.4. The Morgan fingerprint density at radius 1 is 1.05 bits per heavy atom. The molecule has 1 amide bonds. The van der Waals surface area contributed by atoms with Crippen LogP contribution in [0.15, 0.2) is 84.0 Å². The number of nitrogens with two attached hydrogens (primary N) is 1. The van der Waals surface area contributed by atoms with E-state index in [9.17, 15) is 27.2 Å². The van der Waals surface area contributed by atoms with Gasteiger partial charge in [0.1, 0.15) is 17.1 Å². The predicted octanol–water partition coefficient (Wildman–Crippen LogP) is 4.76. The molecule has 202 valence electrons. The zero-order chi connectivity index (χ0) is 28.6. The van der Waals surface area contributed by atoms with E-state index in [1.54, 1.807) is 12.3 Å². The number of ether oxygens (including phenoxy) is 1. The molecule has 5 N–H and O–H groups in total. The van der Waals surface area contributed by atoms with E-state index in [-0.39, 0.29) is 28.2 Å². The lowest BCUT2D eigenvalue weighted by atomic mass is 10.0. The molecule has 0 bridgehead atoms. The number of pyridine rings is 2. The van der Waals surface area contributed by atoms with Gasteiger partial charge in [0.15, 0.2) is 17.0 Å². The Kier molecular flexibility index (Phi) is 8.99. The summed E-state index contributed by atoms with van der Waals surface area (Å²) >= 11 is 0. The Hall–Kier alpha value is -5.20. The van der Waals surface area contributed by atoms with E-state index in [2.05, 4.69) is 15.3 Å². The molecule has 0 aliphatic rings. The second kappa shape index (κ2) is 12.4. The number of carboxylic acids is 1. The minimum atomic E-state index is -5.08. The Morgan fingerprint density at radius 3 is 2.36 bits per heavy atom. The topological polar surface area (TPSA) is 147 Å². The molecule has 4 aromatic rings. The summed E-state index contributed by atoms with van der Waals surface area (Å²) in [6.45, 7) is 0. The Labute approximate surface area is 217 Å². The molecule has 39 heavy (non-hydrogen) atoms. The van der Waals surface area contributed by atoms with E-state index >= 15 is 0 Å². The molecule has 0 aliphatic heterocycles. The fourth-order valence-corrected chi connectivity index (χ4v) is 3.12. The number of aromatic nitrogens is 2. The second-order valence-corrected chi connectivity index (χ2v) is 7.81. The molecule has 2 heterocycles. The average Bonchev–Trinajstić information content (AvgIpc) is 2.87. The first-order chi connectivity index (χ1) is 18.4. The molecule has 0 fully saturated rings. The summed E-state index contributed by atoms with van der Waals surface area (Å²) in [7, 11) is 0. The summed E-state index contributed by atoms with van der Waals surface area (Å²) < 4.78 is 51.7. The molecule has 2 aromatic carbocycles. The molecule has 0 unspecified atom stereocenters. The fourth-order valence-electron chi connectivity index (χ4n) is 3.12. The first-order valence-electron chi connectivity index (χ1n) is 11.0. The van der Waals surface area contributed by atoms with E-state index in [1.807, 2.05) is 30.3 Å². The van der Waals surface area contributed by atoms with Crippen molar-refractivity contribution in [2.24, 2.45) is 0 Å². The number of hydrogen-bond acceptors (Lipinski definition) is 6. The molecule has 4 rings (SSSR count). The van der Waals surface area contributed by atoms with Crippen LogP contribution in [0.3, 0.4) is 0 Å². The Balaban J connectivity index is 0.000000532. The summed E-state index contributed by atoms with van der Waals surface area (Å²) in [5, 5.41) is 9.67. The molecule has 0 spiro atoms. The third-order valence-corrected chi connectivity index (χ3v) is 4.92. The maximum absolute atomic E-state index is 14.5. The van der Waals surface area contributed by atoms with Gasteiger partial charge in [0.25, 0.3) is 5.91 Å². The monoisotopic (exact) mass is 544 g/mol. The van der Waals surface area contributed by atoms with Gasteiger partial charge >= 0.3 is 12.1 Å². The molecule has 0 aliphatic carbocycles. The first kappa shape index (κ1) is 28.4. The standard InChI is InChI=1S/C24H19FN4O3.C2HF3O2/c25-20-11-17(6-7-21(20)32-18-8-9-28-22(26)12-18)29-24(31)19-14-27-13-16(23(19)30)10-15-4-2-1-3-5-15;3-2(4,5)1(6)7/h1-9,11-14H,10H2,(H2,26,28)(H,27,30)(H,29,31);(H,6,7). The van der Waals surface area contributed by atoms with Crippen molar-refractivity contribution in [3.63, 3.8) is 0 Å². The van der Waals surface area contributed by atoms with E-state index in [4.69, 9.17) is 20.4 Å². The van der Waals surface area contributed by atoms with Crippen molar-refractivity contribution in [2.75, 3.05) is 11.1 Å². The third-order valence-electron chi connectivity index (χ3n) is 4.92. The Morgan fingerprint density at radius 2 is 1.74 bits per heavy atom. The highest BCUT2D eigenvalue weighted by Crippen LogP contribution is 2.27. The van der Waals surface area contributed by atoms with Crippen LogP contribution in [0.5, 0.6) is 11.5 Å². The van der Waals surface area contributed by atoms with Crippen LogP contribution in [0.4, 0.5) is 29.1 Å². The summed E-state index contributed by atoms with van der Waals surface area (Å²) in [4.78, 5) is 41.0. The number of nitrogens with one attached hydrogen (secondary N) is 2. The number of benzene rings is 2. The summed E-state index contributed by atoms with van der Waals surface area (Å²) in [6, 6.07) is 16.4. The molecule has 9 nitrogen and oxygen atoms in total. The number of halogens is 4. The number of rotatable bonds is 6. The quantitative estimate of drug-likeness (QED) is 0.256. The number of amides is 1. The van der Waals surface area contributed by atoms with E-state index in [0.29, 0.717) is 17.7 Å². The number of carbonyl (C=O) groups is 2. The van der Waals surface area contributed by atoms with E-state index in [0.717, 1.165) is 11.6 Å². The summed E-state index contributed by atoms with van der Waals surface area (Å²) in [5.41, 5.74) is 6.72. The van der Waals surface area contributed by atoms with Crippen molar-refractivity contribution in [1.82, 2.24) is 9.97 Å². The van der Waals surface area contributed by atoms with Crippen molar-refractivity contribution in [1.29, 1.82) is 0 Å². The zero-order valence-electron chi connectivity index (χ0n) is 19.8. The smallest absolute Gasteiger partial charge is 0.475 e. The van der Waals surface area contributed by atoms with Gasteiger partial charge in [-0.3, -0.25) is 9.59 Å². The molecule has 0 saturated heterocycles. The zero-order valence-corrected chi connectivity index (χ0v) is 19.8. The molecular weight excluding hydrogens is 524 g/mol. The fraction of sp³-hybridized carbons (Fsp3) is 0.0769. The van der Waals surface area contributed by atoms with Crippen LogP contribution < -0.4 is 21.2 Å². The first-order valence-corrected chi connectivity index (χ1v) is 11.0. The van der Waals surface area contributed by atoms with Crippen LogP contribution in [-0.4, -0.2) is 33.1 Å². The van der Waals surface area contributed by atoms with Crippen molar-refractivity contribution in [3.05, 3.63) is 112 Å². The van der Waals surface area contributed by atoms with Gasteiger partial charge in [-0.15, -0.1) is 0 Å². The molecule has 13 heteroatoms. The van der Waals surface area contributed by atoms with Crippen LogP contribution in [0.2, 0.25) is 0 Å². The van der Waals surface area contributed by atoms with Crippen LogP contribution in [0.25, 0.3) is 0 Å².